The van der Waals surface area contributed by atoms with Crippen LogP contribution in [0.15, 0.2) is 43.1 Å². The smallest absolute Gasteiger partial charge is 0.303 e. The molecule has 5 nitrogen and oxygen atoms in total. The molecule has 2 unspecified atom stereocenters. The number of rotatable bonds is 5. The summed E-state index contributed by atoms with van der Waals surface area (Å²) in [6.45, 7) is 7.53. The minimum Gasteiger partial charge on any atom is -0.497 e. The highest BCUT2D eigenvalue weighted by molar-refractivity contribution is 5.84. The average Bonchev–Trinajstić information content (AvgIpc) is 2.71. The van der Waals surface area contributed by atoms with Gasteiger partial charge in [-0.25, -0.2) is 0 Å². The van der Waals surface area contributed by atoms with Gasteiger partial charge in [0.2, 0.25) is 0 Å². The molecule has 27 heavy (non-hydrogen) atoms. The Balaban J connectivity index is 1.76. The van der Waals surface area contributed by atoms with Gasteiger partial charge < -0.3 is 9.47 Å². The number of nitrogens with zero attached hydrogens (tertiary/aromatic N) is 2. The highest BCUT2D eigenvalue weighted by Crippen LogP contribution is 2.43. The Morgan fingerprint density at radius 2 is 2.26 bits per heavy atom. The van der Waals surface area contributed by atoms with Gasteiger partial charge in [-0.3, -0.25) is 14.7 Å². The molecular weight excluding hydrogens is 340 g/mol. The van der Waals surface area contributed by atoms with E-state index in [1.165, 1.54) is 13.3 Å². The van der Waals surface area contributed by atoms with Gasteiger partial charge in [0.25, 0.3) is 0 Å². The van der Waals surface area contributed by atoms with E-state index in [4.69, 9.17) is 9.47 Å². The maximum absolute atomic E-state index is 12.0. The summed E-state index contributed by atoms with van der Waals surface area (Å²) < 4.78 is 11.3. The summed E-state index contributed by atoms with van der Waals surface area (Å²) >= 11 is 0. The number of carbonyl (C=O) groups excluding carboxylic acids is 1. The van der Waals surface area contributed by atoms with Crippen molar-refractivity contribution in [3.8, 4) is 5.75 Å². The van der Waals surface area contributed by atoms with Crippen molar-refractivity contribution in [2.75, 3.05) is 20.2 Å². The molecule has 0 spiro atoms. The molecule has 0 N–H and O–H groups in total. The predicted octanol–water partition coefficient (Wildman–Crippen LogP) is 3.74. The van der Waals surface area contributed by atoms with Crippen LogP contribution in [0, 0.1) is 11.8 Å². The van der Waals surface area contributed by atoms with E-state index in [2.05, 4.69) is 22.5 Å². The third kappa shape index (κ3) is 3.32. The summed E-state index contributed by atoms with van der Waals surface area (Å²) in [5.74, 6) is 1.66. The van der Waals surface area contributed by atoms with Crippen LogP contribution in [0.3, 0.4) is 0 Å². The molecule has 3 aliphatic heterocycles. The Hall–Kier alpha value is -2.40. The van der Waals surface area contributed by atoms with E-state index in [0.717, 1.165) is 41.7 Å². The standard InChI is InChI=1S/C22H26N2O3/c1-4-15-13-24-10-8-16(15)11-21(24)22(27-14(2)25)18-7-9-23-20-6-5-17(26-3)12-19(18)20/h4-7,9,12,15-16,21-22H,1,8,10-11,13H2,2-3H3/t15-,16-,21+,22?/m0/s1. The lowest BCUT2D eigenvalue weighted by atomic mass is 9.73. The molecule has 5 atom stereocenters. The quantitative estimate of drug-likeness (QED) is 0.596. The van der Waals surface area contributed by atoms with Gasteiger partial charge in [-0.1, -0.05) is 6.08 Å². The van der Waals surface area contributed by atoms with Crippen LogP contribution in [-0.2, 0) is 9.53 Å². The summed E-state index contributed by atoms with van der Waals surface area (Å²) in [4.78, 5) is 18.9. The molecule has 5 heteroatoms. The first-order valence-corrected chi connectivity index (χ1v) is 9.57. The predicted molar refractivity (Wildman–Crippen MR) is 105 cm³/mol. The van der Waals surface area contributed by atoms with Crippen molar-refractivity contribution in [2.24, 2.45) is 11.8 Å². The molecule has 2 bridgehead atoms. The molecule has 4 heterocycles. The Bertz CT molecular complexity index is 866. The number of fused-ring (bicyclic) bond motifs is 4. The summed E-state index contributed by atoms with van der Waals surface area (Å²) in [6, 6.07) is 7.99. The fraction of sp³-hybridized carbons (Fsp3) is 0.455. The van der Waals surface area contributed by atoms with Crippen molar-refractivity contribution >= 4 is 16.9 Å². The maximum atomic E-state index is 12.0. The van der Waals surface area contributed by atoms with Crippen LogP contribution >= 0.6 is 0 Å². The number of aromatic nitrogens is 1. The molecule has 3 aliphatic rings. The summed E-state index contributed by atoms with van der Waals surface area (Å²) in [5, 5.41) is 0.978. The molecule has 142 valence electrons. The van der Waals surface area contributed by atoms with Crippen LogP contribution in [0.5, 0.6) is 5.75 Å². The van der Waals surface area contributed by atoms with Gasteiger partial charge in [0.15, 0.2) is 0 Å². The number of ether oxygens (including phenoxy) is 2. The number of carbonyl (C=O) groups is 1. The Morgan fingerprint density at radius 1 is 1.41 bits per heavy atom. The molecule has 1 aromatic heterocycles. The van der Waals surface area contributed by atoms with E-state index < -0.39 is 0 Å². The number of esters is 1. The third-order valence-corrected chi connectivity index (χ3v) is 6.09. The number of methoxy groups -OCH3 is 1. The molecule has 0 amide bonds. The van der Waals surface area contributed by atoms with Gasteiger partial charge in [-0.05, 0) is 55.5 Å². The largest absolute Gasteiger partial charge is 0.497 e. The van der Waals surface area contributed by atoms with Crippen LogP contribution < -0.4 is 4.74 Å². The van der Waals surface area contributed by atoms with Crippen molar-refractivity contribution in [3.63, 3.8) is 0 Å². The second-order valence-corrected chi connectivity index (χ2v) is 7.56. The van der Waals surface area contributed by atoms with Gasteiger partial charge in [0, 0.05) is 30.6 Å². The number of benzene rings is 1. The van der Waals surface area contributed by atoms with E-state index >= 15 is 0 Å². The molecule has 2 aromatic rings. The van der Waals surface area contributed by atoms with Crippen molar-refractivity contribution in [1.29, 1.82) is 0 Å². The molecule has 0 radical (unpaired) electrons. The second kappa shape index (κ2) is 7.31. The number of piperidine rings is 3. The van der Waals surface area contributed by atoms with E-state index in [1.807, 2.05) is 24.3 Å². The van der Waals surface area contributed by atoms with E-state index in [-0.39, 0.29) is 18.1 Å². The normalized spacial score (nSPS) is 27.9. The first kappa shape index (κ1) is 18.0. The molecular formula is C22H26N2O3. The van der Waals surface area contributed by atoms with Crippen molar-refractivity contribution in [1.82, 2.24) is 9.88 Å². The maximum Gasteiger partial charge on any atom is 0.303 e. The topological polar surface area (TPSA) is 51.7 Å². The fourth-order valence-corrected chi connectivity index (χ4v) is 4.74. The van der Waals surface area contributed by atoms with Gasteiger partial charge in [-0.2, -0.15) is 0 Å². The minimum atomic E-state index is -0.311. The summed E-state index contributed by atoms with van der Waals surface area (Å²) in [5.41, 5.74) is 1.88. The van der Waals surface area contributed by atoms with E-state index in [1.54, 1.807) is 13.3 Å². The molecule has 5 rings (SSSR count). The van der Waals surface area contributed by atoms with Crippen molar-refractivity contribution < 1.29 is 14.3 Å². The Labute approximate surface area is 160 Å². The Morgan fingerprint density at radius 3 is 2.93 bits per heavy atom. The summed E-state index contributed by atoms with van der Waals surface area (Å²) in [6.07, 6.45) is 5.77. The lowest BCUT2D eigenvalue weighted by molar-refractivity contribution is -0.154. The second-order valence-electron chi connectivity index (χ2n) is 7.56. The molecule has 3 fully saturated rings. The SMILES string of the molecule is C=C[C@H]1CN2CC[C@H]1C[C@@H]2C(OC(C)=O)c1ccnc2ccc(OC)cc12. The zero-order chi connectivity index (χ0) is 19.0. The highest BCUT2D eigenvalue weighted by Gasteiger charge is 2.44. The molecule has 1 aromatic carbocycles. The monoisotopic (exact) mass is 366 g/mol. The highest BCUT2D eigenvalue weighted by atomic mass is 16.5. The van der Waals surface area contributed by atoms with Gasteiger partial charge in [-0.15, -0.1) is 6.58 Å². The van der Waals surface area contributed by atoms with Gasteiger partial charge in [0.1, 0.15) is 11.9 Å². The molecule has 3 saturated heterocycles. The zero-order valence-corrected chi connectivity index (χ0v) is 15.9. The first-order valence-electron chi connectivity index (χ1n) is 9.57. The fourth-order valence-electron chi connectivity index (χ4n) is 4.74. The lowest BCUT2D eigenvalue weighted by Crippen LogP contribution is -2.55. The first-order chi connectivity index (χ1) is 13.1. The van der Waals surface area contributed by atoms with Crippen LogP contribution in [-0.4, -0.2) is 42.1 Å². The zero-order valence-electron chi connectivity index (χ0n) is 15.9. The molecule has 0 saturated carbocycles. The Kier molecular flexibility index (Phi) is 4.87. The van der Waals surface area contributed by atoms with Crippen molar-refractivity contribution in [2.45, 2.75) is 31.9 Å². The third-order valence-electron chi connectivity index (χ3n) is 6.09. The van der Waals surface area contributed by atoms with Crippen LogP contribution in [0.25, 0.3) is 10.9 Å². The van der Waals surface area contributed by atoms with E-state index in [0.29, 0.717) is 11.8 Å². The number of hydrogen-bond acceptors (Lipinski definition) is 5. The van der Waals surface area contributed by atoms with E-state index in [9.17, 15) is 4.79 Å². The summed E-state index contributed by atoms with van der Waals surface area (Å²) in [7, 11) is 1.65. The molecule has 0 aliphatic carbocycles. The van der Waals surface area contributed by atoms with Gasteiger partial charge in [0.05, 0.1) is 18.7 Å². The van der Waals surface area contributed by atoms with Gasteiger partial charge >= 0.3 is 5.97 Å². The minimum absolute atomic E-state index is 0.181. The lowest BCUT2D eigenvalue weighted by Gasteiger charge is -2.51. The number of pyridine rings is 1. The van der Waals surface area contributed by atoms with Crippen LogP contribution in [0.4, 0.5) is 0 Å². The average molecular weight is 366 g/mol. The van der Waals surface area contributed by atoms with Crippen LogP contribution in [0.1, 0.15) is 31.4 Å². The number of hydrogen-bond donors (Lipinski definition) is 0. The van der Waals surface area contributed by atoms with Crippen molar-refractivity contribution in [3.05, 3.63) is 48.7 Å². The van der Waals surface area contributed by atoms with Crippen LogP contribution in [0.2, 0.25) is 0 Å².